The molecule has 120 valence electrons. The van der Waals surface area contributed by atoms with Crippen LogP contribution in [0.4, 0.5) is 10.5 Å². The van der Waals surface area contributed by atoms with Crippen molar-refractivity contribution in [2.24, 2.45) is 11.8 Å². The van der Waals surface area contributed by atoms with Crippen molar-refractivity contribution in [3.05, 3.63) is 24.3 Å². The van der Waals surface area contributed by atoms with Crippen molar-refractivity contribution in [3.63, 3.8) is 0 Å². The summed E-state index contributed by atoms with van der Waals surface area (Å²) in [4.78, 5) is 12.0. The number of benzene rings is 1. The monoisotopic (exact) mass is 304 g/mol. The molecule has 0 unspecified atom stereocenters. The number of urea groups is 1. The van der Waals surface area contributed by atoms with E-state index in [0.29, 0.717) is 30.5 Å². The number of rotatable bonds is 6. The number of aliphatic hydroxyl groups excluding tert-OH is 1. The number of aliphatic hydroxyl groups is 1. The molecule has 2 saturated carbocycles. The van der Waals surface area contributed by atoms with E-state index in [4.69, 9.17) is 4.74 Å². The molecule has 1 aromatic rings. The van der Waals surface area contributed by atoms with Gasteiger partial charge in [-0.15, -0.1) is 0 Å². The highest BCUT2D eigenvalue weighted by atomic mass is 16.5. The smallest absolute Gasteiger partial charge is 0.319 e. The molecule has 0 heterocycles. The summed E-state index contributed by atoms with van der Waals surface area (Å²) in [5.74, 6) is 1.56. The van der Waals surface area contributed by atoms with Gasteiger partial charge < -0.3 is 20.5 Å². The minimum atomic E-state index is -0.283. The van der Waals surface area contributed by atoms with E-state index in [1.54, 1.807) is 0 Å². The summed E-state index contributed by atoms with van der Waals surface area (Å²) >= 11 is 0. The van der Waals surface area contributed by atoms with Crippen LogP contribution in [0, 0.1) is 11.8 Å². The zero-order valence-corrected chi connectivity index (χ0v) is 12.8. The molecule has 22 heavy (non-hydrogen) atoms. The van der Waals surface area contributed by atoms with Crippen molar-refractivity contribution in [3.8, 4) is 5.75 Å². The SMILES string of the molecule is O=C(NC[C@H]1CCC[C@H]1O)Nc1ccccc1OCC1CC1. The van der Waals surface area contributed by atoms with Gasteiger partial charge in [-0.2, -0.15) is 0 Å². The molecule has 0 spiro atoms. The number of para-hydroxylation sites is 2. The Morgan fingerprint density at radius 2 is 2.05 bits per heavy atom. The molecule has 0 bridgehead atoms. The van der Waals surface area contributed by atoms with Crippen LogP contribution in [0.25, 0.3) is 0 Å². The molecule has 5 nitrogen and oxygen atoms in total. The molecular weight excluding hydrogens is 280 g/mol. The molecule has 3 N–H and O–H groups in total. The first kappa shape index (κ1) is 15.2. The Morgan fingerprint density at radius 3 is 2.77 bits per heavy atom. The van der Waals surface area contributed by atoms with Crippen molar-refractivity contribution in [2.75, 3.05) is 18.5 Å². The lowest BCUT2D eigenvalue weighted by molar-refractivity contribution is 0.133. The number of amides is 2. The molecule has 2 aliphatic rings. The first-order chi connectivity index (χ1) is 10.7. The molecule has 3 rings (SSSR count). The number of carbonyl (C=O) groups is 1. The van der Waals surface area contributed by atoms with Crippen molar-refractivity contribution >= 4 is 11.7 Å². The lowest BCUT2D eigenvalue weighted by Crippen LogP contribution is -2.35. The maximum atomic E-state index is 12.0. The Kier molecular flexibility index (Phi) is 4.83. The minimum absolute atomic E-state index is 0.173. The number of hydrogen-bond acceptors (Lipinski definition) is 3. The third-order valence-corrected chi connectivity index (χ3v) is 4.45. The fourth-order valence-electron chi connectivity index (χ4n) is 2.83. The lowest BCUT2D eigenvalue weighted by Gasteiger charge is -2.16. The number of hydrogen-bond donors (Lipinski definition) is 3. The molecular formula is C17H24N2O3. The van der Waals surface area contributed by atoms with E-state index in [2.05, 4.69) is 10.6 Å². The summed E-state index contributed by atoms with van der Waals surface area (Å²) in [5, 5.41) is 15.5. The highest BCUT2D eigenvalue weighted by Gasteiger charge is 2.25. The molecule has 2 fully saturated rings. The van der Waals surface area contributed by atoms with Crippen LogP contribution in [0.15, 0.2) is 24.3 Å². The molecule has 0 aliphatic heterocycles. The Morgan fingerprint density at radius 1 is 1.23 bits per heavy atom. The van der Waals surface area contributed by atoms with Gasteiger partial charge in [0.1, 0.15) is 5.75 Å². The zero-order valence-electron chi connectivity index (χ0n) is 12.8. The van der Waals surface area contributed by atoms with Crippen molar-refractivity contribution in [1.82, 2.24) is 5.32 Å². The highest BCUT2D eigenvalue weighted by Crippen LogP contribution is 2.31. The fraction of sp³-hybridized carbons (Fsp3) is 0.588. The third-order valence-electron chi connectivity index (χ3n) is 4.45. The number of anilines is 1. The van der Waals surface area contributed by atoms with Gasteiger partial charge in [0.2, 0.25) is 0 Å². The van der Waals surface area contributed by atoms with E-state index >= 15 is 0 Å². The van der Waals surface area contributed by atoms with Gasteiger partial charge in [0, 0.05) is 12.5 Å². The molecule has 0 aromatic heterocycles. The van der Waals surface area contributed by atoms with E-state index in [-0.39, 0.29) is 18.1 Å². The van der Waals surface area contributed by atoms with Gasteiger partial charge in [0.05, 0.1) is 18.4 Å². The third kappa shape index (κ3) is 4.13. The first-order valence-electron chi connectivity index (χ1n) is 8.17. The number of carbonyl (C=O) groups excluding carboxylic acids is 1. The second kappa shape index (κ2) is 7.01. The van der Waals surface area contributed by atoms with E-state index in [9.17, 15) is 9.90 Å². The summed E-state index contributed by atoms with van der Waals surface area (Å²) in [5.41, 5.74) is 0.688. The topological polar surface area (TPSA) is 70.6 Å². The van der Waals surface area contributed by atoms with E-state index < -0.39 is 0 Å². The Bertz CT molecular complexity index is 516. The molecule has 0 saturated heterocycles. The molecule has 5 heteroatoms. The molecule has 0 radical (unpaired) electrons. The molecule has 1 aromatic carbocycles. The van der Waals surface area contributed by atoms with Crippen LogP contribution in [0.5, 0.6) is 5.75 Å². The number of ether oxygens (including phenoxy) is 1. The highest BCUT2D eigenvalue weighted by molar-refractivity contribution is 5.90. The summed E-state index contributed by atoms with van der Waals surface area (Å²) < 4.78 is 5.77. The quantitative estimate of drug-likeness (QED) is 0.757. The average molecular weight is 304 g/mol. The van der Waals surface area contributed by atoms with Gasteiger partial charge in [-0.25, -0.2) is 4.79 Å². The maximum absolute atomic E-state index is 12.0. The molecule has 2 amide bonds. The Balaban J connectivity index is 1.49. The number of nitrogens with one attached hydrogen (secondary N) is 2. The van der Waals surface area contributed by atoms with Gasteiger partial charge in [0.15, 0.2) is 0 Å². The fourth-order valence-corrected chi connectivity index (χ4v) is 2.83. The first-order valence-corrected chi connectivity index (χ1v) is 8.17. The van der Waals surface area contributed by atoms with Gasteiger partial charge in [-0.05, 0) is 43.7 Å². The summed E-state index contributed by atoms with van der Waals surface area (Å²) in [6.45, 7) is 1.23. The summed E-state index contributed by atoms with van der Waals surface area (Å²) in [6.07, 6.45) is 5.04. The lowest BCUT2D eigenvalue weighted by atomic mass is 10.1. The van der Waals surface area contributed by atoms with E-state index in [0.717, 1.165) is 19.3 Å². The van der Waals surface area contributed by atoms with E-state index in [1.165, 1.54) is 12.8 Å². The van der Waals surface area contributed by atoms with Gasteiger partial charge in [0.25, 0.3) is 0 Å². The van der Waals surface area contributed by atoms with Gasteiger partial charge in [-0.1, -0.05) is 18.6 Å². The second-order valence-electron chi connectivity index (χ2n) is 6.34. The second-order valence-corrected chi connectivity index (χ2v) is 6.34. The van der Waals surface area contributed by atoms with Gasteiger partial charge >= 0.3 is 6.03 Å². The minimum Gasteiger partial charge on any atom is -0.491 e. The largest absolute Gasteiger partial charge is 0.491 e. The van der Waals surface area contributed by atoms with Crippen LogP contribution >= 0.6 is 0 Å². The van der Waals surface area contributed by atoms with Gasteiger partial charge in [-0.3, -0.25) is 0 Å². The predicted molar refractivity (Wildman–Crippen MR) is 85.0 cm³/mol. The summed E-state index contributed by atoms with van der Waals surface area (Å²) in [7, 11) is 0. The summed E-state index contributed by atoms with van der Waals surface area (Å²) in [6, 6.07) is 7.24. The normalized spacial score (nSPS) is 24.0. The average Bonchev–Trinajstić information content (AvgIpc) is 3.26. The van der Waals surface area contributed by atoms with Crippen LogP contribution < -0.4 is 15.4 Å². The molecule has 2 atom stereocenters. The van der Waals surface area contributed by atoms with Crippen molar-refractivity contribution in [2.45, 2.75) is 38.2 Å². The Labute approximate surface area is 131 Å². The molecule has 2 aliphatic carbocycles. The maximum Gasteiger partial charge on any atom is 0.319 e. The predicted octanol–water partition coefficient (Wildman–Crippen LogP) is 2.76. The van der Waals surface area contributed by atoms with E-state index in [1.807, 2.05) is 24.3 Å². The van der Waals surface area contributed by atoms with Crippen LogP contribution in [0.2, 0.25) is 0 Å². The standard InChI is InChI=1S/C17H24N2O3/c20-15-6-3-4-13(15)10-18-17(21)19-14-5-1-2-7-16(14)22-11-12-8-9-12/h1-2,5,7,12-13,15,20H,3-4,6,8-11H2,(H2,18,19,21)/t13-,15-/m1/s1. The van der Waals surface area contributed by atoms with Crippen molar-refractivity contribution in [1.29, 1.82) is 0 Å². The van der Waals surface area contributed by atoms with Crippen LogP contribution in [-0.4, -0.2) is 30.4 Å². The van der Waals surface area contributed by atoms with Crippen LogP contribution in [0.1, 0.15) is 32.1 Å². The Hall–Kier alpha value is -1.75. The zero-order chi connectivity index (χ0) is 15.4. The van der Waals surface area contributed by atoms with Crippen LogP contribution in [-0.2, 0) is 0 Å². The van der Waals surface area contributed by atoms with Crippen LogP contribution in [0.3, 0.4) is 0 Å². The van der Waals surface area contributed by atoms with Crippen molar-refractivity contribution < 1.29 is 14.6 Å².